The smallest absolute Gasteiger partial charge is 0.320 e. The van der Waals surface area contributed by atoms with Crippen molar-refractivity contribution >= 4 is 17.9 Å². The molecule has 0 rings (SSSR count). The maximum absolute atomic E-state index is 11.5. The number of rotatable bonds is 7. The highest BCUT2D eigenvalue weighted by molar-refractivity contribution is 5.94. The van der Waals surface area contributed by atoms with Gasteiger partial charge in [0.2, 0.25) is 0 Å². The van der Waals surface area contributed by atoms with Crippen molar-refractivity contribution in [3.63, 3.8) is 0 Å². The number of esters is 3. The predicted octanol–water partition coefficient (Wildman–Crippen LogP) is 0.740. The fourth-order valence-electron chi connectivity index (χ4n) is 1.51. The third-order valence-corrected chi connectivity index (χ3v) is 2.53. The summed E-state index contributed by atoms with van der Waals surface area (Å²) in [5.74, 6) is -3.21. The summed E-state index contributed by atoms with van der Waals surface area (Å²) in [5, 5.41) is 8.77. The van der Waals surface area contributed by atoms with E-state index in [2.05, 4.69) is 16.1 Å². The number of nitrogens with zero attached hydrogens (tertiary/aromatic N) is 1. The van der Waals surface area contributed by atoms with E-state index >= 15 is 0 Å². The molecule has 0 N–H and O–H groups in total. The van der Waals surface area contributed by atoms with Gasteiger partial charge in [0.15, 0.2) is 5.92 Å². The minimum atomic E-state index is -1.13. The van der Waals surface area contributed by atoms with E-state index in [-0.39, 0.29) is 18.4 Å². The predicted molar refractivity (Wildman–Crippen MR) is 67.1 cm³/mol. The monoisotopic (exact) mass is 283 g/mol. The van der Waals surface area contributed by atoms with Gasteiger partial charge in [0.05, 0.1) is 25.9 Å². The average molecular weight is 283 g/mol. The molecule has 7 heteroatoms. The molecule has 0 aliphatic heterocycles. The number of hydrogen-bond donors (Lipinski definition) is 0. The zero-order chi connectivity index (χ0) is 15.7. The summed E-state index contributed by atoms with van der Waals surface area (Å²) in [5.41, 5.74) is 0.0358. The summed E-state index contributed by atoms with van der Waals surface area (Å²) in [4.78, 5) is 33.9. The summed E-state index contributed by atoms with van der Waals surface area (Å²) in [6.45, 7) is 4.65. The second-order valence-corrected chi connectivity index (χ2v) is 3.91. The second-order valence-electron chi connectivity index (χ2n) is 3.91. The van der Waals surface area contributed by atoms with Crippen molar-refractivity contribution in [3.8, 4) is 6.07 Å². The van der Waals surface area contributed by atoms with Crippen LogP contribution in [0, 0.1) is 17.2 Å². The first-order chi connectivity index (χ1) is 9.37. The Balaban J connectivity index is 4.82. The molecule has 0 saturated carbocycles. The highest BCUT2D eigenvalue weighted by Crippen LogP contribution is 2.18. The number of carbonyl (C=O) groups is 3. The van der Waals surface area contributed by atoms with Crippen LogP contribution in [0.3, 0.4) is 0 Å². The Hall–Kier alpha value is -2.36. The molecule has 7 nitrogen and oxygen atoms in total. The molecule has 0 aliphatic carbocycles. The van der Waals surface area contributed by atoms with Gasteiger partial charge >= 0.3 is 17.9 Å². The largest absolute Gasteiger partial charge is 0.468 e. The van der Waals surface area contributed by atoms with E-state index < -0.39 is 29.9 Å². The van der Waals surface area contributed by atoms with Crippen LogP contribution in [0.15, 0.2) is 12.2 Å². The third kappa shape index (κ3) is 5.52. The Kier molecular flexibility index (Phi) is 7.67. The minimum absolute atomic E-state index is 0.0119. The Bertz CT molecular complexity index is 421. The lowest BCUT2D eigenvalue weighted by Crippen LogP contribution is -2.28. The lowest BCUT2D eigenvalue weighted by molar-refractivity contribution is -0.159. The van der Waals surface area contributed by atoms with Gasteiger partial charge < -0.3 is 14.2 Å². The van der Waals surface area contributed by atoms with E-state index in [0.29, 0.717) is 0 Å². The maximum atomic E-state index is 11.5. The molecule has 20 heavy (non-hydrogen) atoms. The van der Waals surface area contributed by atoms with Crippen molar-refractivity contribution in [2.24, 2.45) is 5.92 Å². The molecule has 0 spiro atoms. The molecule has 0 saturated heterocycles. The second kappa shape index (κ2) is 8.69. The summed E-state index contributed by atoms with van der Waals surface area (Å²) >= 11 is 0. The minimum Gasteiger partial charge on any atom is -0.468 e. The van der Waals surface area contributed by atoms with Gasteiger partial charge in [-0.3, -0.25) is 14.4 Å². The maximum Gasteiger partial charge on any atom is 0.320 e. The van der Waals surface area contributed by atoms with Gasteiger partial charge in [0, 0.05) is 6.92 Å². The molecular formula is C13H17NO6. The zero-order valence-corrected chi connectivity index (χ0v) is 11.7. The van der Waals surface area contributed by atoms with Gasteiger partial charge in [-0.05, 0) is 12.8 Å². The third-order valence-electron chi connectivity index (χ3n) is 2.53. The molecule has 0 bridgehead atoms. The Morgan fingerprint density at radius 3 is 2.00 bits per heavy atom. The van der Waals surface area contributed by atoms with E-state index in [1.165, 1.54) is 6.92 Å². The molecule has 0 heterocycles. The van der Waals surface area contributed by atoms with Crippen molar-refractivity contribution in [2.75, 3.05) is 14.2 Å². The van der Waals surface area contributed by atoms with E-state index in [9.17, 15) is 14.4 Å². The van der Waals surface area contributed by atoms with E-state index in [1.54, 1.807) is 6.07 Å². The molecule has 1 unspecified atom stereocenters. The van der Waals surface area contributed by atoms with Crippen LogP contribution >= 0.6 is 0 Å². The molecule has 1 atom stereocenters. The van der Waals surface area contributed by atoms with Gasteiger partial charge in [0.1, 0.15) is 6.10 Å². The number of hydrogen-bond acceptors (Lipinski definition) is 7. The number of methoxy groups -OCH3 is 2. The number of carbonyl (C=O) groups excluding carboxylic acids is 3. The van der Waals surface area contributed by atoms with Crippen LogP contribution in [0.5, 0.6) is 0 Å². The van der Waals surface area contributed by atoms with E-state index in [0.717, 1.165) is 14.2 Å². The molecule has 0 aromatic rings. The first kappa shape index (κ1) is 17.6. The van der Waals surface area contributed by atoms with Crippen molar-refractivity contribution in [2.45, 2.75) is 25.9 Å². The van der Waals surface area contributed by atoms with Crippen molar-refractivity contribution in [1.29, 1.82) is 5.26 Å². The van der Waals surface area contributed by atoms with Gasteiger partial charge in [-0.15, -0.1) is 0 Å². The van der Waals surface area contributed by atoms with Gasteiger partial charge in [0.25, 0.3) is 0 Å². The SMILES string of the molecule is C=C(C#N)C(CCC(C(=O)OC)C(=O)OC)OC(C)=O. The van der Waals surface area contributed by atoms with Gasteiger partial charge in [-0.2, -0.15) is 5.26 Å². The molecule has 110 valence electrons. The first-order valence-electron chi connectivity index (χ1n) is 5.79. The Labute approximate surface area is 117 Å². The van der Waals surface area contributed by atoms with Crippen LogP contribution in [-0.4, -0.2) is 38.2 Å². The van der Waals surface area contributed by atoms with Crippen LogP contribution in [-0.2, 0) is 28.6 Å². The molecule has 0 aromatic carbocycles. The highest BCUT2D eigenvalue weighted by atomic mass is 16.5. The van der Waals surface area contributed by atoms with Crippen molar-refractivity contribution in [3.05, 3.63) is 12.2 Å². The number of ether oxygens (including phenoxy) is 3. The van der Waals surface area contributed by atoms with Crippen LogP contribution in [0.25, 0.3) is 0 Å². The molecule has 0 fully saturated rings. The summed E-state index contributed by atoms with van der Waals surface area (Å²) in [6.07, 6.45) is -0.784. The fourth-order valence-corrected chi connectivity index (χ4v) is 1.51. The molecule has 0 amide bonds. The summed E-state index contributed by atoms with van der Waals surface area (Å²) in [7, 11) is 2.30. The van der Waals surface area contributed by atoms with Crippen LogP contribution < -0.4 is 0 Å². The molecular weight excluding hydrogens is 266 g/mol. The van der Waals surface area contributed by atoms with E-state index in [4.69, 9.17) is 10.00 Å². The Morgan fingerprint density at radius 1 is 1.15 bits per heavy atom. The average Bonchev–Trinajstić information content (AvgIpc) is 2.43. The molecule has 0 aromatic heterocycles. The lowest BCUT2D eigenvalue weighted by atomic mass is 9.98. The topological polar surface area (TPSA) is 103 Å². The Morgan fingerprint density at radius 2 is 1.65 bits per heavy atom. The fraction of sp³-hybridized carbons (Fsp3) is 0.538. The zero-order valence-electron chi connectivity index (χ0n) is 11.7. The summed E-state index contributed by atoms with van der Waals surface area (Å²) < 4.78 is 13.9. The quantitative estimate of drug-likeness (QED) is 0.294. The normalized spacial score (nSPS) is 11.2. The van der Waals surface area contributed by atoms with Crippen LogP contribution in [0.2, 0.25) is 0 Å². The van der Waals surface area contributed by atoms with Crippen LogP contribution in [0.4, 0.5) is 0 Å². The summed E-state index contributed by atoms with van der Waals surface area (Å²) in [6, 6.07) is 1.78. The highest BCUT2D eigenvalue weighted by Gasteiger charge is 2.30. The van der Waals surface area contributed by atoms with E-state index in [1.807, 2.05) is 0 Å². The number of nitriles is 1. The van der Waals surface area contributed by atoms with Gasteiger partial charge in [-0.1, -0.05) is 6.58 Å². The first-order valence-corrected chi connectivity index (χ1v) is 5.79. The lowest BCUT2D eigenvalue weighted by Gasteiger charge is -2.18. The standard InChI is InChI=1S/C13H17NO6/c1-8(7-14)11(20-9(2)15)6-5-10(12(16)18-3)13(17)19-4/h10-11H,1,5-6H2,2-4H3. The molecule has 0 aliphatic rings. The molecule has 0 radical (unpaired) electrons. The van der Waals surface area contributed by atoms with Crippen molar-refractivity contribution < 1.29 is 28.6 Å². The van der Waals surface area contributed by atoms with Crippen LogP contribution in [0.1, 0.15) is 19.8 Å². The van der Waals surface area contributed by atoms with Crippen molar-refractivity contribution in [1.82, 2.24) is 0 Å². The van der Waals surface area contributed by atoms with Gasteiger partial charge in [-0.25, -0.2) is 0 Å².